The van der Waals surface area contributed by atoms with Gasteiger partial charge >= 0.3 is 6.03 Å². The molecule has 2 atom stereocenters. The summed E-state index contributed by atoms with van der Waals surface area (Å²) in [5.74, 6) is -0.0493. The first kappa shape index (κ1) is 26.3. The second kappa shape index (κ2) is 11.2. The van der Waals surface area contributed by atoms with Gasteiger partial charge in [-0.25, -0.2) is 9.69 Å². The van der Waals surface area contributed by atoms with Crippen molar-refractivity contribution in [3.63, 3.8) is 0 Å². The van der Waals surface area contributed by atoms with Crippen LogP contribution < -0.4 is 16.8 Å². The van der Waals surface area contributed by atoms with Crippen molar-refractivity contribution in [3.05, 3.63) is 41.5 Å². The van der Waals surface area contributed by atoms with Gasteiger partial charge in [-0.05, 0) is 49.1 Å². The van der Waals surface area contributed by atoms with E-state index in [4.69, 9.17) is 11.5 Å². The zero-order valence-corrected chi connectivity index (χ0v) is 22.1. The molecule has 4 aliphatic rings. The topological polar surface area (TPSA) is 134 Å². The predicted molar refractivity (Wildman–Crippen MR) is 147 cm³/mol. The fourth-order valence-corrected chi connectivity index (χ4v) is 6.81. The van der Waals surface area contributed by atoms with Gasteiger partial charge in [-0.1, -0.05) is 68.5 Å². The Hall–Kier alpha value is -3.36. The first-order valence-corrected chi connectivity index (χ1v) is 14.1. The number of carbonyl (C=O) groups is 3. The number of guanidine groups is 1. The lowest BCUT2D eigenvalue weighted by Crippen LogP contribution is -2.55. The highest BCUT2D eigenvalue weighted by atomic mass is 16.2. The average molecular weight is 521 g/mol. The van der Waals surface area contributed by atoms with E-state index in [0.29, 0.717) is 44.8 Å². The van der Waals surface area contributed by atoms with Gasteiger partial charge in [0.2, 0.25) is 5.91 Å². The van der Waals surface area contributed by atoms with E-state index in [1.54, 1.807) is 0 Å². The lowest BCUT2D eigenvalue weighted by atomic mass is 9.74. The van der Waals surface area contributed by atoms with Crippen LogP contribution in [-0.2, 0) is 15.0 Å². The molecule has 0 radical (unpaired) electrons. The second-order valence-electron chi connectivity index (χ2n) is 11.3. The van der Waals surface area contributed by atoms with Crippen LogP contribution >= 0.6 is 0 Å². The third-order valence-corrected chi connectivity index (χ3v) is 8.92. The van der Waals surface area contributed by atoms with E-state index in [0.717, 1.165) is 38.5 Å². The third-order valence-electron chi connectivity index (χ3n) is 8.92. The van der Waals surface area contributed by atoms with E-state index < -0.39 is 18.1 Å². The van der Waals surface area contributed by atoms with Crippen molar-refractivity contribution in [2.45, 2.75) is 81.7 Å². The highest BCUT2D eigenvalue weighted by Crippen LogP contribution is 2.44. The van der Waals surface area contributed by atoms with Crippen LogP contribution in [-0.4, -0.2) is 65.3 Å². The fraction of sp³-hybridized carbons (Fsp3) is 0.586. The first-order chi connectivity index (χ1) is 18.4. The quantitative estimate of drug-likeness (QED) is 0.210. The molecule has 5 N–H and O–H groups in total. The van der Waals surface area contributed by atoms with Gasteiger partial charge in [0.15, 0.2) is 5.96 Å². The molecule has 5 rings (SSSR count). The number of hydrogen-bond acceptors (Lipinski definition) is 4. The molecule has 1 aromatic rings. The summed E-state index contributed by atoms with van der Waals surface area (Å²) in [6.45, 7) is 1.62. The van der Waals surface area contributed by atoms with Crippen LogP contribution in [0.1, 0.15) is 75.3 Å². The van der Waals surface area contributed by atoms with E-state index in [1.807, 2.05) is 4.90 Å². The highest BCUT2D eigenvalue weighted by molar-refractivity contribution is 6.07. The summed E-state index contributed by atoms with van der Waals surface area (Å²) in [7, 11) is 0. The number of imide groups is 1. The second-order valence-corrected chi connectivity index (χ2v) is 11.3. The number of nitrogens with one attached hydrogen (secondary N) is 1. The molecule has 0 bridgehead atoms. The Morgan fingerprint density at radius 3 is 2.58 bits per heavy atom. The number of allylic oxidation sites excluding steroid dienone is 1. The number of rotatable bonds is 8. The van der Waals surface area contributed by atoms with Crippen LogP contribution in [0.4, 0.5) is 4.79 Å². The maximum absolute atomic E-state index is 14.0. The molecule has 4 amide bonds. The molecule has 2 aliphatic heterocycles. The Bertz CT molecular complexity index is 1110. The van der Waals surface area contributed by atoms with Crippen molar-refractivity contribution in [2.75, 3.05) is 19.6 Å². The number of fused-ring (bicyclic) bond motifs is 2. The lowest BCUT2D eigenvalue weighted by molar-refractivity contribution is -0.144. The van der Waals surface area contributed by atoms with Crippen molar-refractivity contribution in [3.8, 4) is 0 Å². The molecule has 1 spiro atoms. The normalized spacial score (nSPS) is 23.4. The standard InChI is InChI=1S/C29H40N6O3/c30-27(31)32-16-6-11-23-25(36)35(28(38)33-23)24(19-20-7-2-1-3-8-20)26(37)34-17-14-29(15-18-34)13-12-21-9-4-5-10-22(21)29/h4-5,9-10,12-13,20,23-24H,1-3,6-8,11,14-19H2,(H,33,38)(H4,30,31,32)/t23-,24-/m1/s1. The number of amides is 4. The molecule has 2 saturated heterocycles. The van der Waals surface area contributed by atoms with Crippen molar-refractivity contribution in [1.82, 2.24) is 15.1 Å². The summed E-state index contributed by atoms with van der Waals surface area (Å²) in [6, 6.07) is 6.61. The third kappa shape index (κ3) is 5.28. The molecule has 9 nitrogen and oxygen atoms in total. The number of likely N-dealkylation sites (tertiary alicyclic amines) is 1. The number of benzene rings is 1. The predicted octanol–water partition coefficient (Wildman–Crippen LogP) is 2.89. The van der Waals surface area contributed by atoms with Gasteiger partial charge in [-0.3, -0.25) is 14.6 Å². The van der Waals surface area contributed by atoms with E-state index >= 15 is 0 Å². The minimum Gasteiger partial charge on any atom is -0.370 e. The molecule has 0 unspecified atom stereocenters. The van der Waals surface area contributed by atoms with Gasteiger partial charge in [0.1, 0.15) is 12.1 Å². The van der Waals surface area contributed by atoms with Crippen molar-refractivity contribution in [2.24, 2.45) is 22.4 Å². The average Bonchev–Trinajstić information content (AvgIpc) is 3.42. The van der Waals surface area contributed by atoms with Gasteiger partial charge in [0.25, 0.3) is 5.91 Å². The largest absolute Gasteiger partial charge is 0.370 e. The minimum atomic E-state index is -0.756. The van der Waals surface area contributed by atoms with Crippen LogP contribution in [0.25, 0.3) is 6.08 Å². The molecule has 3 fully saturated rings. The zero-order valence-electron chi connectivity index (χ0n) is 22.1. The first-order valence-electron chi connectivity index (χ1n) is 14.1. The van der Waals surface area contributed by atoms with Gasteiger partial charge in [0.05, 0.1) is 0 Å². The molecule has 1 aromatic carbocycles. The number of carbonyl (C=O) groups excluding carboxylic acids is 3. The van der Waals surface area contributed by atoms with Crippen LogP contribution in [0, 0.1) is 5.92 Å². The summed E-state index contributed by atoms with van der Waals surface area (Å²) in [5, 5.41) is 2.81. The van der Waals surface area contributed by atoms with Crippen LogP contribution in [0.15, 0.2) is 35.3 Å². The molecule has 0 aromatic heterocycles. The summed E-state index contributed by atoms with van der Waals surface area (Å²) < 4.78 is 0. The maximum Gasteiger partial charge on any atom is 0.325 e. The number of urea groups is 1. The Kier molecular flexibility index (Phi) is 7.72. The summed E-state index contributed by atoms with van der Waals surface area (Å²) in [6.07, 6.45) is 13.3. The zero-order chi connectivity index (χ0) is 26.7. The van der Waals surface area contributed by atoms with Crippen LogP contribution in [0.2, 0.25) is 0 Å². The Balaban J connectivity index is 1.29. The molecular formula is C29H40N6O3. The van der Waals surface area contributed by atoms with Crippen LogP contribution in [0.3, 0.4) is 0 Å². The van der Waals surface area contributed by atoms with Gasteiger partial charge in [-0.2, -0.15) is 0 Å². The molecule has 38 heavy (non-hydrogen) atoms. The summed E-state index contributed by atoms with van der Waals surface area (Å²) >= 11 is 0. The number of piperidine rings is 1. The smallest absolute Gasteiger partial charge is 0.325 e. The minimum absolute atomic E-state index is 0.00597. The summed E-state index contributed by atoms with van der Waals surface area (Å²) in [5.41, 5.74) is 13.3. The molecule has 9 heteroatoms. The SMILES string of the molecule is NC(N)=NCCC[C@H]1NC(=O)N([C@H](CC2CCCCC2)C(=O)N2CCC3(C=Cc4ccccc43)CC2)C1=O. The number of aliphatic imine (C=N–C) groups is 1. The number of nitrogens with zero attached hydrogens (tertiary/aromatic N) is 3. The highest BCUT2D eigenvalue weighted by Gasteiger charge is 2.47. The van der Waals surface area contributed by atoms with E-state index in [1.165, 1.54) is 22.4 Å². The number of hydrogen-bond donors (Lipinski definition) is 3. The number of nitrogens with two attached hydrogens (primary N) is 2. The Morgan fingerprint density at radius 1 is 1.11 bits per heavy atom. The van der Waals surface area contributed by atoms with Gasteiger partial charge in [0, 0.05) is 25.0 Å². The molecule has 204 valence electrons. The van der Waals surface area contributed by atoms with E-state index in [-0.39, 0.29) is 23.2 Å². The van der Waals surface area contributed by atoms with Crippen molar-refractivity contribution in [1.29, 1.82) is 0 Å². The monoisotopic (exact) mass is 520 g/mol. The van der Waals surface area contributed by atoms with E-state index in [9.17, 15) is 14.4 Å². The molecule has 2 aliphatic carbocycles. The Labute approximate surface area is 224 Å². The molecule has 1 saturated carbocycles. The van der Waals surface area contributed by atoms with Gasteiger partial charge in [-0.15, -0.1) is 0 Å². The van der Waals surface area contributed by atoms with E-state index in [2.05, 4.69) is 46.7 Å². The Morgan fingerprint density at radius 2 is 1.84 bits per heavy atom. The van der Waals surface area contributed by atoms with Gasteiger partial charge < -0.3 is 21.7 Å². The fourth-order valence-electron chi connectivity index (χ4n) is 6.81. The molecular weight excluding hydrogens is 480 g/mol. The maximum atomic E-state index is 14.0. The summed E-state index contributed by atoms with van der Waals surface area (Å²) in [4.78, 5) is 47.6. The lowest BCUT2D eigenvalue weighted by Gasteiger charge is -2.41. The molecule has 2 heterocycles. The van der Waals surface area contributed by atoms with Crippen molar-refractivity contribution < 1.29 is 14.4 Å². The van der Waals surface area contributed by atoms with Crippen LogP contribution in [0.5, 0.6) is 0 Å². The van der Waals surface area contributed by atoms with Crippen molar-refractivity contribution >= 4 is 29.9 Å².